The zero-order valence-corrected chi connectivity index (χ0v) is 21.2. The fourth-order valence-corrected chi connectivity index (χ4v) is 6.57. The molecule has 188 valence electrons. The molecule has 9 atom stereocenters. The van der Waals surface area contributed by atoms with Gasteiger partial charge in [0.25, 0.3) is 0 Å². The molecule has 0 aromatic carbocycles. The van der Waals surface area contributed by atoms with Crippen LogP contribution in [0.4, 0.5) is 0 Å². The molecule has 33 heavy (non-hydrogen) atoms. The fraction of sp³-hybridized carbons (Fsp3) is 0.880. The van der Waals surface area contributed by atoms with E-state index in [9.17, 15) is 19.5 Å². The highest BCUT2D eigenvalue weighted by Gasteiger charge is 2.80. The Bertz CT molecular complexity index is 774. The summed E-state index contributed by atoms with van der Waals surface area (Å²) >= 11 is 0. The minimum absolute atomic E-state index is 0.0243. The Morgan fingerprint density at radius 3 is 2.52 bits per heavy atom. The summed E-state index contributed by atoms with van der Waals surface area (Å²) in [4.78, 5) is 42.5. The number of hydrogen-bond acceptors (Lipinski definition) is 6. The average molecular weight is 467 g/mol. The lowest BCUT2D eigenvalue weighted by atomic mass is 9.62. The standard InChI is InChI=1S/C25H42N2O6/c1-8-11-16(6)26-21(29)20-25-12-15(5)24(7,33-25)19(23(31)32-10-3)18(25)22(30)27(20)17(13-28)14(4)9-2/h14-20,28H,8-13H2,1-7H3,(H,26,29)/t14-,15?,16?,17-,18-,19+,20?,24-,25?/m0/s1. The van der Waals surface area contributed by atoms with Gasteiger partial charge in [0, 0.05) is 6.04 Å². The number of esters is 1. The molecule has 8 nitrogen and oxygen atoms in total. The molecule has 0 saturated carbocycles. The van der Waals surface area contributed by atoms with E-state index < -0.39 is 41.1 Å². The zero-order valence-electron chi connectivity index (χ0n) is 21.2. The van der Waals surface area contributed by atoms with E-state index in [0.717, 1.165) is 19.3 Å². The maximum atomic E-state index is 14.0. The van der Waals surface area contributed by atoms with Crippen LogP contribution in [0.15, 0.2) is 0 Å². The zero-order chi connectivity index (χ0) is 24.7. The maximum Gasteiger partial charge on any atom is 0.312 e. The summed E-state index contributed by atoms with van der Waals surface area (Å²) in [5.41, 5.74) is -1.99. The Morgan fingerprint density at radius 2 is 1.97 bits per heavy atom. The number of likely N-dealkylation sites (tertiary alicyclic amines) is 1. The van der Waals surface area contributed by atoms with Crippen LogP contribution in [0.2, 0.25) is 0 Å². The van der Waals surface area contributed by atoms with E-state index in [1.165, 1.54) is 0 Å². The Labute approximate surface area is 197 Å². The number of nitrogens with one attached hydrogen (secondary N) is 1. The van der Waals surface area contributed by atoms with Crippen LogP contribution in [0.1, 0.15) is 74.1 Å². The van der Waals surface area contributed by atoms with E-state index in [0.29, 0.717) is 6.42 Å². The highest BCUT2D eigenvalue weighted by Crippen LogP contribution is 2.65. The lowest BCUT2D eigenvalue weighted by Gasteiger charge is -2.39. The number of aliphatic hydroxyl groups is 1. The Hall–Kier alpha value is -1.67. The highest BCUT2D eigenvalue weighted by atomic mass is 16.6. The third-order valence-electron chi connectivity index (χ3n) is 8.50. The molecular weight excluding hydrogens is 424 g/mol. The smallest absolute Gasteiger partial charge is 0.312 e. The quantitative estimate of drug-likeness (QED) is 0.479. The fourth-order valence-electron chi connectivity index (χ4n) is 6.57. The van der Waals surface area contributed by atoms with E-state index in [2.05, 4.69) is 12.2 Å². The SMILES string of the molecule is CCCC(C)NC(=O)C1N([C@@H](CO)[C@@H](C)CC)C(=O)[C@@H]2[C@H](C(=O)OCC)[C@@]3(C)OC12CC3C. The summed E-state index contributed by atoms with van der Waals surface area (Å²) in [6, 6.07) is -1.49. The van der Waals surface area contributed by atoms with Gasteiger partial charge in [0.15, 0.2) is 0 Å². The monoisotopic (exact) mass is 466 g/mol. The third kappa shape index (κ3) is 3.87. The number of ether oxygens (including phenoxy) is 2. The van der Waals surface area contributed by atoms with E-state index in [-0.39, 0.29) is 42.9 Å². The van der Waals surface area contributed by atoms with Gasteiger partial charge in [0.05, 0.1) is 30.8 Å². The van der Waals surface area contributed by atoms with Gasteiger partial charge in [-0.25, -0.2) is 0 Å². The van der Waals surface area contributed by atoms with Gasteiger partial charge in [-0.3, -0.25) is 14.4 Å². The molecule has 3 rings (SSSR count). The second-order valence-electron chi connectivity index (χ2n) is 10.5. The molecule has 0 aromatic rings. The first-order valence-electron chi connectivity index (χ1n) is 12.6. The average Bonchev–Trinajstić information content (AvgIpc) is 3.26. The van der Waals surface area contributed by atoms with E-state index in [1.807, 2.05) is 34.6 Å². The van der Waals surface area contributed by atoms with Gasteiger partial charge in [-0.15, -0.1) is 0 Å². The lowest BCUT2D eigenvalue weighted by molar-refractivity contribution is -0.162. The Kier molecular flexibility index (Phi) is 7.49. The number of hydrogen-bond donors (Lipinski definition) is 2. The third-order valence-corrected chi connectivity index (χ3v) is 8.50. The first-order chi connectivity index (χ1) is 15.5. The van der Waals surface area contributed by atoms with Crippen molar-refractivity contribution in [3.63, 3.8) is 0 Å². The minimum Gasteiger partial charge on any atom is -0.466 e. The summed E-state index contributed by atoms with van der Waals surface area (Å²) in [5.74, 6) is -2.64. The van der Waals surface area contributed by atoms with Gasteiger partial charge in [-0.05, 0) is 45.4 Å². The van der Waals surface area contributed by atoms with Crippen molar-refractivity contribution in [3.8, 4) is 0 Å². The summed E-state index contributed by atoms with van der Waals surface area (Å²) in [6.07, 6.45) is 2.98. The molecule has 4 unspecified atom stereocenters. The second-order valence-corrected chi connectivity index (χ2v) is 10.5. The maximum absolute atomic E-state index is 14.0. The first kappa shape index (κ1) is 25.9. The molecule has 3 fully saturated rings. The van der Waals surface area contributed by atoms with Crippen LogP contribution >= 0.6 is 0 Å². The van der Waals surface area contributed by atoms with E-state index >= 15 is 0 Å². The molecule has 0 radical (unpaired) electrons. The van der Waals surface area contributed by atoms with Gasteiger partial charge in [-0.2, -0.15) is 0 Å². The molecule has 0 aromatic heterocycles. The number of carbonyl (C=O) groups is 3. The van der Waals surface area contributed by atoms with Crippen molar-refractivity contribution >= 4 is 17.8 Å². The Morgan fingerprint density at radius 1 is 1.30 bits per heavy atom. The van der Waals surface area contributed by atoms with Gasteiger partial charge in [-0.1, -0.05) is 40.5 Å². The van der Waals surface area contributed by atoms with Crippen molar-refractivity contribution in [1.29, 1.82) is 0 Å². The van der Waals surface area contributed by atoms with Crippen molar-refractivity contribution in [1.82, 2.24) is 10.2 Å². The molecule has 3 heterocycles. The number of amides is 2. The summed E-state index contributed by atoms with van der Waals surface area (Å²) in [7, 11) is 0. The predicted octanol–water partition coefficient (Wildman–Crippen LogP) is 2.27. The van der Waals surface area contributed by atoms with Gasteiger partial charge >= 0.3 is 5.97 Å². The van der Waals surface area contributed by atoms with Crippen molar-refractivity contribution in [3.05, 3.63) is 0 Å². The molecule has 0 aliphatic carbocycles. The minimum atomic E-state index is -1.11. The number of nitrogens with zero attached hydrogens (tertiary/aromatic N) is 1. The topological polar surface area (TPSA) is 105 Å². The molecule has 2 bridgehead atoms. The van der Waals surface area contributed by atoms with E-state index in [4.69, 9.17) is 9.47 Å². The van der Waals surface area contributed by atoms with Crippen LogP contribution in [0.25, 0.3) is 0 Å². The summed E-state index contributed by atoms with van der Waals surface area (Å²) in [5, 5.41) is 13.4. The van der Waals surface area contributed by atoms with Crippen molar-refractivity contribution < 1.29 is 29.0 Å². The van der Waals surface area contributed by atoms with Crippen LogP contribution in [-0.2, 0) is 23.9 Å². The number of fused-ring (bicyclic) bond motifs is 1. The van der Waals surface area contributed by atoms with Gasteiger partial charge in [0.1, 0.15) is 17.6 Å². The lowest BCUT2D eigenvalue weighted by Crippen LogP contribution is -2.60. The Balaban J connectivity index is 2.12. The molecule has 2 N–H and O–H groups in total. The normalized spacial score (nSPS) is 37.6. The van der Waals surface area contributed by atoms with Crippen LogP contribution < -0.4 is 5.32 Å². The van der Waals surface area contributed by atoms with Gasteiger partial charge < -0.3 is 24.8 Å². The number of aliphatic hydroxyl groups excluding tert-OH is 1. The summed E-state index contributed by atoms with van der Waals surface area (Å²) in [6.45, 7) is 13.6. The highest BCUT2D eigenvalue weighted by molar-refractivity contribution is 5.98. The van der Waals surface area contributed by atoms with Crippen LogP contribution in [0.3, 0.4) is 0 Å². The summed E-state index contributed by atoms with van der Waals surface area (Å²) < 4.78 is 12.0. The van der Waals surface area contributed by atoms with Crippen LogP contribution in [0.5, 0.6) is 0 Å². The molecule has 1 spiro atoms. The molecule has 3 saturated heterocycles. The molecule has 8 heteroatoms. The largest absolute Gasteiger partial charge is 0.466 e. The predicted molar refractivity (Wildman–Crippen MR) is 123 cm³/mol. The van der Waals surface area contributed by atoms with Crippen LogP contribution in [0, 0.1) is 23.7 Å². The van der Waals surface area contributed by atoms with Crippen molar-refractivity contribution in [2.45, 2.75) is 103 Å². The van der Waals surface area contributed by atoms with Crippen molar-refractivity contribution in [2.75, 3.05) is 13.2 Å². The molecule has 3 aliphatic heterocycles. The van der Waals surface area contributed by atoms with E-state index in [1.54, 1.807) is 11.8 Å². The molecule has 3 aliphatic rings. The first-order valence-corrected chi connectivity index (χ1v) is 12.6. The van der Waals surface area contributed by atoms with Gasteiger partial charge in [0.2, 0.25) is 11.8 Å². The second kappa shape index (κ2) is 9.53. The molecular formula is C25H42N2O6. The molecule has 2 amide bonds. The van der Waals surface area contributed by atoms with Crippen LogP contribution in [-0.4, -0.2) is 70.3 Å². The number of carbonyl (C=O) groups excluding carboxylic acids is 3. The number of rotatable bonds is 10. The van der Waals surface area contributed by atoms with Crippen molar-refractivity contribution in [2.24, 2.45) is 23.7 Å².